The summed E-state index contributed by atoms with van der Waals surface area (Å²) < 4.78 is 6.19. The molecule has 0 unspecified atom stereocenters. The van der Waals surface area contributed by atoms with Gasteiger partial charge in [0, 0.05) is 16.1 Å². The molecule has 2 aromatic carbocycles. The van der Waals surface area contributed by atoms with Crippen LogP contribution in [-0.2, 0) is 0 Å². The van der Waals surface area contributed by atoms with Crippen LogP contribution in [0.25, 0.3) is 0 Å². The van der Waals surface area contributed by atoms with Crippen molar-refractivity contribution in [3.63, 3.8) is 0 Å². The highest BCUT2D eigenvalue weighted by Gasteiger charge is 2.08. The summed E-state index contributed by atoms with van der Waals surface area (Å²) in [6.07, 6.45) is 0. The molecule has 98 valence electrons. The van der Waals surface area contributed by atoms with Gasteiger partial charge in [-0.2, -0.15) is 0 Å². The minimum Gasteiger partial charge on any atom is -0.497 e. The van der Waals surface area contributed by atoms with Gasteiger partial charge < -0.3 is 15.8 Å². The van der Waals surface area contributed by atoms with Gasteiger partial charge in [-0.15, -0.1) is 0 Å². The lowest BCUT2D eigenvalue weighted by molar-refractivity contribution is 0.415. The van der Waals surface area contributed by atoms with E-state index in [4.69, 9.17) is 22.7 Å². The smallest absolute Gasteiger partial charge is 0.120 e. The molecule has 0 fully saturated rings. The summed E-state index contributed by atoms with van der Waals surface area (Å²) in [7, 11) is 1.62. The van der Waals surface area contributed by atoms with Crippen LogP contribution in [0, 0.1) is 0 Å². The number of nitrogens with one attached hydrogen (secondary N) is 1. The maximum atomic E-state index is 5.74. The van der Waals surface area contributed by atoms with E-state index in [1.54, 1.807) is 7.11 Å². The second-order valence-corrected chi connectivity index (χ2v) is 5.17. The fourth-order valence-corrected chi connectivity index (χ4v) is 2.24. The molecule has 2 rings (SSSR count). The molecule has 0 heterocycles. The zero-order valence-electron chi connectivity index (χ0n) is 10.3. The van der Waals surface area contributed by atoms with Crippen molar-refractivity contribution in [2.75, 3.05) is 12.4 Å². The maximum Gasteiger partial charge on any atom is 0.120 e. The zero-order chi connectivity index (χ0) is 13.8. The second kappa shape index (κ2) is 6.04. The van der Waals surface area contributed by atoms with Crippen molar-refractivity contribution in [2.45, 2.75) is 0 Å². The molecular formula is C14H13BrN2OS. The fraction of sp³-hybridized carbons (Fsp3) is 0.0714. The Bertz CT molecular complexity index is 616. The highest BCUT2D eigenvalue weighted by molar-refractivity contribution is 9.10. The molecule has 0 bridgehead atoms. The lowest BCUT2D eigenvalue weighted by Gasteiger charge is -2.14. The Labute approximate surface area is 125 Å². The van der Waals surface area contributed by atoms with Gasteiger partial charge in [-0.05, 0) is 40.2 Å². The Hall–Kier alpha value is -1.59. The number of methoxy groups -OCH3 is 1. The van der Waals surface area contributed by atoms with Crippen LogP contribution in [0.3, 0.4) is 0 Å². The number of nitrogens with two attached hydrogens (primary N) is 1. The van der Waals surface area contributed by atoms with Crippen molar-refractivity contribution in [2.24, 2.45) is 5.73 Å². The summed E-state index contributed by atoms with van der Waals surface area (Å²) in [5.41, 5.74) is 8.28. The van der Waals surface area contributed by atoms with E-state index in [9.17, 15) is 0 Å². The molecule has 0 spiro atoms. The molecular weight excluding hydrogens is 324 g/mol. The van der Waals surface area contributed by atoms with E-state index in [1.807, 2.05) is 42.5 Å². The molecule has 2 aromatic rings. The lowest BCUT2D eigenvalue weighted by atomic mass is 10.1. The first kappa shape index (κ1) is 13.8. The number of ether oxygens (including phenoxy) is 1. The van der Waals surface area contributed by atoms with Crippen LogP contribution in [-0.4, -0.2) is 12.1 Å². The molecule has 0 saturated heterocycles. The summed E-state index contributed by atoms with van der Waals surface area (Å²) in [5.74, 6) is 0.745. The normalized spacial score (nSPS) is 10.0. The molecule has 0 atom stereocenters. The molecule has 19 heavy (non-hydrogen) atoms. The topological polar surface area (TPSA) is 47.3 Å². The summed E-state index contributed by atoms with van der Waals surface area (Å²) in [6.45, 7) is 0. The van der Waals surface area contributed by atoms with Gasteiger partial charge in [0.1, 0.15) is 10.7 Å². The van der Waals surface area contributed by atoms with Gasteiger partial charge in [-0.3, -0.25) is 0 Å². The Kier molecular flexibility index (Phi) is 4.39. The van der Waals surface area contributed by atoms with Crippen molar-refractivity contribution in [3.05, 3.63) is 52.5 Å². The van der Waals surface area contributed by atoms with Crippen LogP contribution in [0.15, 0.2) is 46.9 Å². The molecule has 5 heteroatoms. The van der Waals surface area contributed by atoms with Crippen molar-refractivity contribution in [1.82, 2.24) is 0 Å². The number of halogens is 1. The van der Waals surface area contributed by atoms with Crippen molar-refractivity contribution in [1.29, 1.82) is 0 Å². The predicted octanol–water partition coefficient (Wildman–Crippen LogP) is 3.84. The standard InChI is InChI=1S/C14H13BrN2OS/c1-18-9-6-7-10(14(16)19)13(8-9)17-12-5-3-2-4-11(12)15/h2-8,17H,1H3,(H2,16,19). The van der Waals surface area contributed by atoms with Crippen LogP contribution >= 0.6 is 28.1 Å². The van der Waals surface area contributed by atoms with Gasteiger partial charge in [-0.25, -0.2) is 0 Å². The number of rotatable bonds is 4. The quantitative estimate of drug-likeness (QED) is 0.833. The van der Waals surface area contributed by atoms with Crippen LogP contribution < -0.4 is 15.8 Å². The Morgan fingerprint density at radius 3 is 2.58 bits per heavy atom. The maximum absolute atomic E-state index is 5.74. The third-order valence-corrected chi connectivity index (χ3v) is 3.55. The molecule has 0 aliphatic carbocycles. The van der Waals surface area contributed by atoms with Crippen LogP contribution in [0.2, 0.25) is 0 Å². The molecule has 0 amide bonds. The first-order chi connectivity index (χ1) is 9.11. The fourth-order valence-electron chi connectivity index (χ4n) is 1.68. The molecule has 0 aliphatic heterocycles. The number of benzene rings is 2. The van der Waals surface area contributed by atoms with Crippen LogP contribution in [0.1, 0.15) is 5.56 Å². The number of para-hydroxylation sites is 1. The monoisotopic (exact) mass is 336 g/mol. The van der Waals surface area contributed by atoms with Crippen molar-refractivity contribution < 1.29 is 4.74 Å². The number of anilines is 2. The molecule has 0 saturated carbocycles. The van der Waals surface area contributed by atoms with Crippen LogP contribution in [0.4, 0.5) is 11.4 Å². The molecule has 3 nitrogen and oxygen atoms in total. The summed E-state index contributed by atoms with van der Waals surface area (Å²) >= 11 is 8.56. The van der Waals surface area contributed by atoms with Gasteiger partial charge >= 0.3 is 0 Å². The molecule has 0 radical (unpaired) electrons. The minimum atomic E-state index is 0.345. The van der Waals surface area contributed by atoms with E-state index >= 15 is 0 Å². The zero-order valence-corrected chi connectivity index (χ0v) is 12.7. The van der Waals surface area contributed by atoms with E-state index < -0.39 is 0 Å². The van der Waals surface area contributed by atoms with E-state index in [0.717, 1.165) is 27.2 Å². The van der Waals surface area contributed by atoms with Gasteiger partial charge in [0.05, 0.1) is 18.5 Å². The largest absolute Gasteiger partial charge is 0.497 e. The predicted molar refractivity (Wildman–Crippen MR) is 86.3 cm³/mol. The number of hydrogen-bond acceptors (Lipinski definition) is 3. The van der Waals surface area contributed by atoms with E-state index in [1.165, 1.54) is 0 Å². The van der Waals surface area contributed by atoms with Crippen LogP contribution in [0.5, 0.6) is 5.75 Å². The van der Waals surface area contributed by atoms with E-state index in [0.29, 0.717) is 4.99 Å². The van der Waals surface area contributed by atoms with E-state index in [2.05, 4.69) is 21.2 Å². The van der Waals surface area contributed by atoms with Gasteiger partial charge in [0.2, 0.25) is 0 Å². The SMILES string of the molecule is COc1ccc(C(N)=S)c(Nc2ccccc2Br)c1. The molecule has 0 aromatic heterocycles. The van der Waals surface area contributed by atoms with Gasteiger partial charge in [0.25, 0.3) is 0 Å². The third kappa shape index (κ3) is 3.24. The van der Waals surface area contributed by atoms with Gasteiger partial charge in [0.15, 0.2) is 0 Å². The highest BCUT2D eigenvalue weighted by atomic mass is 79.9. The number of thiocarbonyl (C=S) groups is 1. The Morgan fingerprint density at radius 1 is 1.21 bits per heavy atom. The average molecular weight is 337 g/mol. The Balaban J connectivity index is 2.43. The van der Waals surface area contributed by atoms with Gasteiger partial charge in [-0.1, -0.05) is 24.4 Å². The molecule has 0 aliphatic rings. The first-order valence-electron chi connectivity index (χ1n) is 5.61. The third-order valence-electron chi connectivity index (χ3n) is 2.64. The second-order valence-electron chi connectivity index (χ2n) is 3.88. The Morgan fingerprint density at radius 2 is 1.95 bits per heavy atom. The molecule has 3 N–H and O–H groups in total. The summed E-state index contributed by atoms with van der Waals surface area (Å²) in [5, 5.41) is 3.30. The van der Waals surface area contributed by atoms with Crippen molar-refractivity contribution in [3.8, 4) is 5.75 Å². The summed E-state index contributed by atoms with van der Waals surface area (Å²) in [4.78, 5) is 0.345. The summed E-state index contributed by atoms with van der Waals surface area (Å²) in [6, 6.07) is 13.4. The minimum absolute atomic E-state index is 0.345. The average Bonchev–Trinajstić information content (AvgIpc) is 2.41. The highest BCUT2D eigenvalue weighted by Crippen LogP contribution is 2.29. The number of hydrogen-bond donors (Lipinski definition) is 2. The van der Waals surface area contributed by atoms with E-state index in [-0.39, 0.29) is 0 Å². The first-order valence-corrected chi connectivity index (χ1v) is 6.81. The lowest BCUT2D eigenvalue weighted by Crippen LogP contribution is -2.12. The van der Waals surface area contributed by atoms with Crippen molar-refractivity contribution >= 4 is 44.5 Å².